The number of aromatic nitrogens is 2. The minimum atomic E-state index is 0.719. The zero-order chi connectivity index (χ0) is 14.7. The normalized spacial score (nSPS) is 21.4. The Morgan fingerprint density at radius 3 is 3.00 bits per heavy atom. The number of piperidine rings is 1. The first-order chi connectivity index (χ1) is 10.3. The van der Waals surface area contributed by atoms with E-state index < -0.39 is 0 Å². The molecule has 0 saturated carbocycles. The quantitative estimate of drug-likeness (QED) is 0.811. The first-order valence-electron chi connectivity index (χ1n) is 8.36. The number of anilines is 2. The summed E-state index contributed by atoms with van der Waals surface area (Å²) >= 11 is 0. The smallest absolute Gasteiger partial charge is 0.227 e. The second-order valence-corrected chi connectivity index (χ2v) is 6.41. The molecule has 1 unspecified atom stereocenters. The first kappa shape index (κ1) is 14.6. The molecule has 0 radical (unpaired) electrons. The van der Waals surface area contributed by atoms with Crippen molar-refractivity contribution in [3.8, 4) is 0 Å². The molecule has 0 amide bonds. The molecule has 5 heteroatoms. The number of hydrogen-bond acceptors (Lipinski definition) is 5. The van der Waals surface area contributed by atoms with E-state index in [4.69, 9.17) is 15.7 Å². The van der Waals surface area contributed by atoms with E-state index in [1.807, 2.05) is 0 Å². The summed E-state index contributed by atoms with van der Waals surface area (Å²) in [4.78, 5) is 12.0. The lowest BCUT2D eigenvalue weighted by Gasteiger charge is -2.31. The lowest BCUT2D eigenvalue weighted by atomic mass is 10.0. The molecular formula is C16H27N5. The van der Waals surface area contributed by atoms with Crippen LogP contribution in [-0.4, -0.2) is 36.1 Å². The summed E-state index contributed by atoms with van der Waals surface area (Å²) in [6.45, 7) is 6.11. The van der Waals surface area contributed by atoms with E-state index in [0.29, 0.717) is 0 Å². The molecule has 2 heterocycles. The van der Waals surface area contributed by atoms with Gasteiger partial charge in [-0.25, -0.2) is 4.98 Å². The maximum atomic E-state index is 5.59. The molecule has 0 bridgehead atoms. The van der Waals surface area contributed by atoms with Gasteiger partial charge in [0.2, 0.25) is 5.95 Å². The molecule has 1 atom stereocenters. The molecular weight excluding hydrogens is 262 g/mol. The van der Waals surface area contributed by atoms with Crippen molar-refractivity contribution in [3.63, 3.8) is 0 Å². The van der Waals surface area contributed by atoms with Gasteiger partial charge in [-0.15, -0.1) is 0 Å². The molecule has 3 rings (SSSR count). The molecule has 0 aromatic carbocycles. The zero-order valence-electron chi connectivity index (χ0n) is 13.1. The van der Waals surface area contributed by atoms with Gasteiger partial charge in [-0.05, 0) is 51.0 Å². The van der Waals surface area contributed by atoms with Crippen molar-refractivity contribution >= 4 is 11.8 Å². The van der Waals surface area contributed by atoms with Crippen LogP contribution in [0.1, 0.15) is 43.9 Å². The van der Waals surface area contributed by atoms with Gasteiger partial charge in [0.15, 0.2) is 0 Å². The average Bonchev–Trinajstić information content (AvgIpc) is 2.96. The summed E-state index contributed by atoms with van der Waals surface area (Å²) in [7, 11) is 0. The number of rotatable bonds is 5. The van der Waals surface area contributed by atoms with Gasteiger partial charge in [-0.2, -0.15) is 4.98 Å². The maximum absolute atomic E-state index is 5.59. The molecule has 1 fully saturated rings. The van der Waals surface area contributed by atoms with Crippen LogP contribution in [0.25, 0.3) is 0 Å². The molecule has 1 aromatic rings. The van der Waals surface area contributed by atoms with Crippen molar-refractivity contribution in [1.29, 1.82) is 0 Å². The summed E-state index contributed by atoms with van der Waals surface area (Å²) in [6, 6.07) is 0. The Bertz CT molecular complexity index is 488. The van der Waals surface area contributed by atoms with Crippen LogP contribution < -0.4 is 16.0 Å². The van der Waals surface area contributed by atoms with Gasteiger partial charge in [-0.1, -0.05) is 6.92 Å². The van der Waals surface area contributed by atoms with Crippen LogP contribution in [0, 0.1) is 5.92 Å². The Hall–Kier alpha value is -1.36. The van der Waals surface area contributed by atoms with E-state index in [0.717, 1.165) is 63.1 Å². The van der Waals surface area contributed by atoms with Gasteiger partial charge in [0.1, 0.15) is 5.82 Å². The minimum absolute atomic E-state index is 0.719. The highest BCUT2D eigenvalue weighted by Gasteiger charge is 2.24. The van der Waals surface area contributed by atoms with Crippen molar-refractivity contribution < 1.29 is 0 Å². The van der Waals surface area contributed by atoms with Gasteiger partial charge < -0.3 is 16.0 Å². The lowest BCUT2D eigenvalue weighted by Crippen LogP contribution is -2.35. The van der Waals surface area contributed by atoms with Crippen LogP contribution in [0.4, 0.5) is 11.8 Å². The third-order valence-electron chi connectivity index (χ3n) is 4.53. The maximum Gasteiger partial charge on any atom is 0.227 e. The van der Waals surface area contributed by atoms with Gasteiger partial charge in [0.05, 0.1) is 5.69 Å². The Balaban J connectivity index is 1.82. The first-order valence-corrected chi connectivity index (χ1v) is 8.36. The van der Waals surface area contributed by atoms with Crippen molar-refractivity contribution in [2.45, 2.75) is 45.4 Å². The van der Waals surface area contributed by atoms with E-state index >= 15 is 0 Å². The Kier molecular flexibility index (Phi) is 4.58. The molecule has 1 aliphatic carbocycles. The third-order valence-corrected chi connectivity index (χ3v) is 4.53. The zero-order valence-corrected chi connectivity index (χ0v) is 13.1. The number of nitrogens with one attached hydrogen (secondary N) is 1. The van der Waals surface area contributed by atoms with Crippen molar-refractivity contribution in [2.75, 3.05) is 36.4 Å². The fourth-order valence-electron chi connectivity index (χ4n) is 3.39. The molecule has 1 aromatic heterocycles. The highest BCUT2D eigenvalue weighted by atomic mass is 15.3. The predicted molar refractivity (Wildman–Crippen MR) is 86.8 cm³/mol. The summed E-state index contributed by atoms with van der Waals surface area (Å²) in [5.41, 5.74) is 8.18. The van der Waals surface area contributed by atoms with Gasteiger partial charge in [0, 0.05) is 25.2 Å². The number of fused-ring (bicyclic) bond motifs is 1. The standard InChI is InChI=1S/C16H27N5/c1-12-5-3-10-21(11-12)16-19-14-7-2-6-13(14)15(20-16)18-9-4-8-17/h12H,2-11,17H2,1H3,(H,18,19,20). The number of hydrogen-bond donors (Lipinski definition) is 2. The van der Waals surface area contributed by atoms with Gasteiger partial charge >= 0.3 is 0 Å². The molecule has 1 saturated heterocycles. The second kappa shape index (κ2) is 6.60. The van der Waals surface area contributed by atoms with E-state index in [9.17, 15) is 0 Å². The Morgan fingerprint density at radius 2 is 2.19 bits per heavy atom. The fourth-order valence-corrected chi connectivity index (χ4v) is 3.39. The molecule has 21 heavy (non-hydrogen) atoms. The van der Waals surface area contributed by atoms with Crippen LogP contribution >= 0.6 is 0 Å². The summed E-state index contributed by atoms with van der Waals surface area (Å²) in [5.74, 6) is 2.72. The van der Waals surface area contributed by atoms with E-state index in [1.54, 1.807) is 0 Å². The summed E-state index contributed by atoms with van der Waals surface area (Å²) in [5, 5.41) is 3.48. The van der Waals surface area contributed by atoms with Gasteiger partial charge in [0.25, 0.3) is 0 Å². The second-order valence-electron chi connectivity index (χ2n) is 6.41. The Morgan fingerprint density at radius 1 is 1.29 bits per heavy atom. The van der Waals surface area contributed by atoms with Crippen LogP contribution in [-0.2, 0) is 12.8 Å². The van der Waals surface area contributed by atoms with Crippen LogP contribution in [0.5, 0.6) is 0 Å². The lowest BCUT2D eigenvalue weighted by molar-refractivity contribution is 0.442. The Labute approximate surface area is 127 Å². The molecule has 0 spiro atoms. The van der Waals surface area contributed by atoms with Crippen LogP contribution in [0.2, 0.25) is 0 Å². The number of nitrogens with zero attached hydrogens (tertiary/aromatic N) is 3. The largest absolute Gasteiger partial charge is 0.370 e. The minimum Gasteiger partial charge on any atom is -0.370 e. The monoisotopic (exact) mass is 289 g/mol. The van der Waals surface area contributed by atoms with Crippen molar-refractivity contribution in [3.05, 3.63) is 11.3 Å². The summed E-state index contributed by atoms with van der Waals surface area (Å²) < 4.78 is 0. The number of aryl methyl sites for hydroxylation is 1. The molecule has 5 nitrogen and oxygen atoms in total. The number of nitrogens with two attached hydrogens (primary N) is 1. The molecule has 2 aliphatic rings. The topological polar surface area (TPSA) is 67.1 Å². The highest BCUT2D eigenvalue weighted by Crippen LogP contribution is 2.29. The van der Waals surface area contributed by atoms with E-state index in [-0.39, 0.29) is 0 Å². The van der Waals surface area contributed by atoms with E-state index in [2.05, 4.69) is 17.1 Å². The van der Waals surface area contributed by atoms with Crippen molar-refractivity contribution in [2.24, 2.45) is 11.7 Å². The van der Waals surface area contributed by atoms with Crippen LogP contribution in [0.15, 0.2) is 0 Å². The predicted octanol–water partition coefficient (Wildman–Crippen LogP) is 1.96. The highest BCUT2D eigenvalue weighted by molar-refractivity contribution is 5.53. The van der Waals surface area contributed by atoms with Gasteiger partial charge in [-0.3, -0.25) is 0 Å². The fraction of sp³-hybridized carbons (Fsp3) is 0.750. The van der Waals surface area contributed by atoms with E-state index in [1.165, 1.54) is 30.5 Å². The average molecular weight is 289 g/mol. The third kappa shape index (κ3) is 3.28. The molecule has 3 N–H and O–H groups in total. The van der Waals surface area contributed by atoms with Crippen molar-refractivity contribution in [1.82, 2.24) is 9.97 Å². The summed E-state index contributed by atoms with van der Waals surface area (Å²) in [6.07, 6.45) is 6.96. The SMILES string of the molecule is CC1CCCN(c2nc3c(c(NCCCN)n2)CCC3)C1. The molecule has 116 valence electrons. The van der Waals surface area contributed by atoms with Crippen LogP contribution in [0.3, 0.4) is 0 Å². The molecule has 1 aliphatic heterocycles.